The number of aromatic nitrogens is 4. The highest BCUT2D eigenvalue weighted by Gasteiger charge is 2.33. The number of H-pyrrole nitrogens is 1. The molecule has 18 heavy (non-hydrogen) atoms. The Morgan fingerprint density at radius 3 is 2.83 bits per heavy atom. The van der Waals surface area contributed by atoms with Crippen LogP contribution in [0.25, 0.3) is 11.2 Å². The van der Waals surface area contributed by atoms with Crippen LogP contribution in [0.5, 0.6) is 0 Å². The average molecular weight is 264 g/mol. The number of rotatable bonds is 4. The third kappa shape index (κ3) is 1.81. The Balaban J connectivity index is 2.07. The quantitative estimate of drug-likeness (QED) is 0.862. The van der Waals surface area contributed by atoms with Gasteiger partial charge in [0.25, 0.3) is 0 Å². The van der Waals surface area contributed by atoms with Crippen molar-refractivity contribution in [1.82, 2.24) is 19.3 Å². The number of aryl methyl sites for hydroxylation is 2. The van der Waals surface area contributed by atoms with E-state index in [4.69, 9.17) is 12.2 Å². The van der Waals surface area contributed by atoms with Gasteiger partial charge >= 0.3 is 0 Å². The first kappa shape index (κ1) is 12.0. The van der Waals surface area contributed by atoms with Crippen molar-refractivity contribution in [2.75, 3.05) is 0 Å². The van der Waals surface area contributed by atoms with Crippen LogP contribution < -0.4 is 0 Å². The maximum absolute atomic E-state index is 5.46. The Morgan fingerprint density at radius 1 is 1.50 bits per heavy atom. The Morgan fingerprint density at radius 2 is 2.22 bits per heavy atom. The molecular weight excluding hydrogens is 244 g/mol. The van der Waals surface area contributed by atoms with Crippen molar-refractivity contribution in [1.29, 1.82) is 0 Å². The van der Waals surface area contributed by atoms with Gasteiger partial charge in [0.1, 0.15) is 5.52 Å². The molecule has 2 aromatic rings. The lowest BCUT2D eigenvalue weighted by Gasteiger charge is -2.03. The Kier molecular flexibility index (Phi) is 2.81. The average Bonchev–Trinajstić information content (AvgIpc) is 2.78. The standard InChI is InChI=1S/C13H20N4S/c1-4-5-10-11-12(16(3)15-10)17(13(18)14-11)7-9-6-8(9)2/h8-9H,4-7H2,1-3H3,(H,14,18). The van der Waals surface area contributed by atoms with Gasteiger partial charge in [-0.1, -0.05) is 20.3 Å². The van der Waals surface area contributed by atoms with Gasteiger partial charge in [-0.3, -0.25) is 4.68 Å². The number of hydrogen-bond acceptors (Lipinski definition) is 2. The van der Waals surface area contributed by atoms with E-state index in [2.05, 4.69) is 28.5 Å². The van der Waals surface area contributed by atoms with Gasteiger partial charge in [0.2, 0.25) is 0 Å². The molecular formula is C13H20N4S. The fraction of sp³-hybridized carbons (Fsp3) is 0.692. The molecule has 0 radical (unpaired) electrons. The number of aromatic amines is 1. The number of fused-ring (bicyclic) bond motifs is 1. The Bertz CT molecular complexity index is 633. The molecule has 0 spiro atoms. The van der Waals surface area contributed by atoms with E-state index < -0.39 is 0 Å². The lowest BCUT2D eigenvalue weighted by Crippen LogP contribution is -2.05. The maximum atomic E-state index is 5.46. The monoisotopic (exact) mass is 264 g/mol. The van der Waals surface area contributed by atoms with Crippen LogP contribution in [0.15, 0.2) is 0 Å². The first-order chi connectivity index (χ1) is 8.61. The Labute approximate surface area is 112 Å². The number of nitrogens with zero attached hydrogens (tertiary/aromatic N) is 3. The summed E-state index contributed by atoms with van der Waals surface area (Å²) in [4.78, 5) is 3.34. The molecule has 5 heteroatoms. The zero-order valence-electron chi connectivity index (χ0n) is 11.2. The molecule has 0 saturated heterocycles. The smallest absolute Gasteiger partial charge is 0.179 e. The zero-order valence-corrected chi connectivity index (χ0v) is 12.0. The van der Waals surface area contributed by atoms with Crippen molar-refractivity contribution in [3.05, 3.63) is 10.5 Å². The second kappa shape index (κ2) is 4.23. The van der Waals surface area contributed by atoms with E-state index in [1.54, 1.807) is 0 Å². The van der Waals surface area contributed by atoms with Crippen molar-refractivity contribution in [3.63, 3.8) is 0 Å². The van der Waals surface area contributed by atoms with Gasteiger partial charge in [-0.25, -0.2) is 0 Å². The van der Waals surface area contributed by atoms with Gasteiger partial charge in [0.05, 0.1) is 5.69 Å². The summed E-state index contributed by atoms with van der Waals surface area (Å²) in [5.41, 5.74) is 3.43. The third-order valence-electron chi connectivity index (χ3n) is 4.00. The molecule has 2 atom stereocenters. The molecule has 0 amide bonds. The summed E-state index contributed by atoms with van der Waals surface area (Å²) in [7, 11) is 2.01. The minimum absolute atomic E-state index is 0.792. The molecule has 4 nitrogen and oxygen atoms in total. The third-order valence-corrected chi connectivity index (χ3v) is 4.32. The lowest BCUT2D eigenvalue weighted by molar-refractivity contribution is 0.584. The lowest BCUT2D eigenvalue weighted by atomic mass is 10.2. The second-order valence-electron chi connectivity index (χ2n) is 5.53. The Hall–Kier alpha value is -1.10. The number of hydrogen-bond donors (Lipinski definition) is 1. The highest BCUT2D eigenvalue weighted by atomic mass is 32.1. The molecule has 1 fully saturated rings. The molecule has 0 bridgehead atoms. The van der Waals surface area contributed by atoms with E-state index in [0.717, 1.165) is 52.9 Å². The predicted octanol–water partition coefficient (Wildman–Crippen LogP) is 3.04. The molecule has 0 aromatic carbocycles. The van der Waals surface area contributed by atoms with Crippen LogP contribution in [0.3, 0.4) is 0 Å². The largest absolute Gasteiger partial charge is 0.328 e. The van der Waals surface area contributed by atoms with Crippen molar-refractivity contribution in [3.8, 4) is 0 Å². The van der Waals surface area contributed by atoms with Gasteiger partial charge < -0.3 is 9.55 Å². The molecule has 1 N–H and O–H groups in total. The van der Waals surface area contributed by atoms with Crippen molar-refractivity contribution in [2.45, 2.75) is 39.7 Å². The van der Waals surface area contributed by atoms with Crippen LogP contribution in [-0.2, 0) is 20.0 Å². The first-order valence-corrected chi connectivity index (χ1v) is 7.17. The predicted molar refractivity (Wildman–Crippen MR) is 75.2 cm³/mol. The summed E-state index contributed by atoms with van der Waals surface area (Å²) < 4.78 is 5.04. The minimum atomic E-state index is 0.792. The van der Waals surface area contributed by atoms with Gasteiger partial charge in [-0.05, 0) is 36.9 Å². The minimum Gasteiger partial charge on any atom is -0.328 e. The maximum Gasteiger partial charge on any atom is 0.179 e. The molecule has 98 valence electrons. The fourth-order valence-corrected chi connectivity index (χ4v) is 3.01. The summed E-state index contributed by atoms with van der Waals surface area (Å²) in [6.07, 6.45) is 3.44. The molecule has 2 aromatic heterocycles. The van der Waals surface area contributed by atoms with Gasteiger partial charge in [-0.2, -0.15) is 5.10 Å². The highest BCUT2D eigenvalue weighted by molar-refractivity contribution is 7.71. The molecule has 1 saturated carbocycles. The van der Waals surface area contributed by atoms with Gasteiger partial charge in [0.15, 0.2) is 10.4 Å². The van der Waals surface area contributed by atoms with Crippen LogP contribution in [0, 0.1) is 16.6 Å². The number of imidazole rings is 1. The van der Waals surface area contributed by atoms with Crippen LogP contribution in [0.2, 0.25) is 0 Å². The van der Waals surface area contributed by atoms with Gasteiger partial charge in [0, 0.05) is 13.6 Å². The summed E-state index contributed by atoms with van der Waals surface area (Å²) in [6.45, 7) is 5.52. The van der Waals surface area contributed by atoms with Crippen molar-refractivity contribution in [2.24, 2.45) is 18.9 Å². The fourth-order valence-electron chi connectivity index (χ4n) is 2.75. The second-order valence-corrected chi connectivity index (χ2v) is 5.92. The summed E-state index contributed by atoms with van der Waals surface area (Å²) >= 11 is 5.46. The van der Waals surface area contributed by atoms with Crippen LogP contribution in [0.4, 0.5) is 0 Å². The molecule has 3 rings (SSSR count). The molecule has 1 aliphatic carbocycles. The molecule has 2 unspecified atom stereocenters. The zero-order chi connectivity index (χ0) is 12.9. The van der Waals surface area contributed by atoms with Crippen molar-refractivity contribution >= 4 is 23.4 Å². The SMILES string of the molecule is CCCc1nn(C)c2c1[nH]c(=S)n2CC1CC1C. The van der Waals surface area contributed by atoms with E-state index in [-0.39, 0.29) is 0 Å². The van der Waals surface area contributed by atoms with Crippen LogP contribution in [-0.4, -0.2) is 19.3 Å². The normalized spacial score (nSPS) is 22.8. The number of nitrogens with one attached hydrogen (secondary N) is 1. The van der Waals surface area contributed by atoms with Crippen molar-refractivity contribution < 1.29 is 0 Å². The molecule has 1 aliphatic rings. The summed E-state index contributed by atoms with van der Waals surface area (Å²) in [6, 6.07) is 0. The topological polar surface area (TPSA) is 38.5 Å². The first-order valence-electron chi connectivity index (χ1n) is 6.76. The van der Waals surface area contributed by atoms with Crippen LogP contribution in [0.1, 0.15) is 32.4 Å². The van der Waals surface area contributed by atoms with Crippen LogP contribution >= 0.6 is 12.2 Å². The van der Waals surface area contributed by atoms with E-state index in [0.29, 0.717) is 0 Å². The van der Waals surface area contributed by atoms with E-state index in [9.17, 15) is 0 Å². The van der Waals surface area contributed by atoms with E-state index in [1.165, 1.54) is 6.42 Å². The summed E-state index contributed by atoms with van der Waals surface area (Å²) in [5, 5.41) is 4.61. The molecule has 0 aliphatic heterocycles. The van der Waals surface area contributed by atoms with Gasteiger partial charge in [-0.15, -0.1) is 0 Å². The van der Waals surface area contributed by atoms with E-state index >= 15 is 0 Å². The summed E-state index contributed by atoms with van der Waals surface area (Å²) in [5.74, 6) is 1.64. The highest BCUT2D eigenvalue weighted by Crippen LogP contribution is 2.39. The molecule has 2 heterocycles. The van der Waals surface area contributed by atoms with E-state index in [1.807, 2.05) is 11.7 Å².